The number of amides is 1. The number of aromatic hydroxyl groups is 1. The zero-order chi connectivity index (χ0) is 26.8. The summed E-state index contributed by atoms with van der Waals surface area (Å²) in [5.74, 6) is -1.79. The van der Waals surface area contributed by atoms with Crippen LogP contribution in [0.4, 0.5) is 14.5 Å². The fourth-order valence-corrected chi connectivity index (χ4v) is 3.90. The van der Waals surface area contributed by atoms with Crippen LogP contribution in [0.5, 0.6) is 17.2 Å². The number of nitrogens with zero attached hydrogens (tertiary/aromatic N) is 2. The maximum Gasteiger partial charge on any atom is 0.268 e. The van der Waals surface area contributed by atoms with Crippen molar-refractivity contribution in [1.82, 2.24) is 14.8 Å². The topological polar surface area (TPSA) is 109 Å². The summed E-state index contributed by atoms with van der Waals surface area (Å²) in [6.07, 6.45) is 1.53. The zero-order valence-electron chi connectivity index (χ0n) is 19.9. The number of aromatic nitrogens is 3. The number of rotatable bonds is 6. The number of benzene rings is 3. The molecule has 38 heavy (non-hydrogen) atoms. The Morgan fingerprint density at radius 1 is 1.00 bits per heavy atom. The van der Waals surface area contributed by atoms with E-state index in [9.17, 15) is 23.5 Å². The molecule has 0 aliphatic heterocycles. The smallest absolute Gasteiger partial charge is 0.268 e. The molecule has 0 fully saturated rings. The Bertz CT molecular complexity index is 1700. The van der Waals surface area contributed by atoms with E-state index in [0.29, 0.717) is 22.6 Å². The van der Waals surface area contributed by atoms with Gasteiger partial charge in [-0.2, -0.15) is 5.10 Å². The Kier molecular flexibility index (Phi) is 6.44. The van der Waals surface area contributed by atoms with Crippen LogP contribution in [-0.4, -0.2) is 25.8 Å². The molecule has 5 aromatic rings. The van der Waals surface area contributed by atoms with E-state index in [0.717, 1.165) is 6.07 Å². The molecule has 3 N–H and O–H groups in total. The molecule has 10 heteroatoms. The molecule has 5 rings (SSSR count). The number of anilines is 1. The summed E-state index contributed by atoms with van der Waals surface area (Å²) in [7, 11) is 0. The SMILES string of the molecule is Cc1ccc(C(=O)Nc2ccc(Oc3ccc(O)c(-c4ccn[nH]4)c3)c(F)c2)c(=O)n1-c1ccc(F)cc1. The number of aryl methyl sites for hydroxylation is 1. The first kappa shape index (κ1) is 24.4. The van der Waals surface area contributed by atoms with Crippen molar-refractivity contribution < 1.29 is 23.4 Å². The Hall–Kier alpha value is -5.25. The Balaban J connectivity index is 1.36. The van der Waals surface area contributed by atoms with Crippen molar-refractivity contribution in [2.24, 2.45) is 0 Å². The molecule has 1 amide bonds. The second-order valence-corrected chi connectivity index (χ2v) is 8.36. The first-order valence-electron chi connectivity index (χ1n) is 11.4. The average Bonchev–Trinajstić information content (AvgIpc) is 3.43. The van der Waals surface area contributed by atoms with Gasteiger partial charge < -0.3 is 15.2 Å². The highest BCUT2D eigenvalue weighted by Gasteiger charge is 2.17. The number of nitrogens with one attached hydrogen (secondary N) is 2. The van der Waals surface area contributed by atoms with Crippen LogP contribution < -0.4 is 15.6 Å². The van der Waals surface area contributed by atoms with Crippen LogP contribution >= 0.6 is 0 Å². The lowest BCUT2D eigenvalue weighted by molar-refractivity contribution is 0.102. The van der Waals surface area contributed by atoms with Crippen molar-refractivity contribution in [1.29, 1.82) is 0 Å². The van der Waals surface area contributed by atoms with E-state index in [-0.39, 0.29) is 28.5 Å². The van der Waals surface area contributed by atoms with Crippen molar-refractivity contribution >= 4 is 11.6 Å². The van der Waals surface area contributed by atoms with E-state index in [2.05, 4.69) is 15.5 Å². The Morgan fingerprint density at radius 2 is 1.79 bits per heavy atom. The van der Waals surface area contributed by atoms with Crippen LogP contribution in [0.3, 0.4) is 0 Å². The largest absolute Gasteiger partial charge is 0.507 e. The summed E-state index contributed by atoms with van der Waals surface area (Å²) in [5.41, 5.74) is 1.27. The molecule has 0 saturated carbocycles. The molecule has 0 saturated heterocycles. The van der Waals surface area contributed by atoms with Crippen LogP contribution in [0.15, 0.2) is 89.9 Å². The van der Waals surface area contributed by atoms with E-state index in [1.807, 2.05) is 0 Å². The predicted molar refractivity (Wildman–Crippen MR) is 137 cm³/mol. The molecular formula is C28H20F2N4O4. The van der Waals surface area contributed by atoms with Crippen LogP contribution in [0.25, 0.3) is 16.9 Å². The lowest BCUT2D eigenvalue weighted by atomic mass is 10.1. The minimum atomic E-state index is -0.758. The summed E-state index contributed by atoms with van der Waals surface area (Å²) in [6.45, 7) is 1.69. The molecule has 0 aliphatic rings. The lowest BCUT2D eigenvalue weighted by Gasteiger charge is -2.13. The van der Waals surface area contributed by atoms with Crippen molar-refractivity contribution in [2.75, 3.05) is 5.32 Å². The van der Waals surface area contributed by atoms with Crippen LogP contribution in [-0.2, 0) is 0 Å². The van der Waals surface area contributed by atoms with Gasteiger partial charge in [-0.15, -0.1) is 0 Å². The van der Waals surface area contributed by atoms with E-state index in [1.165, 1.54) is 71.4 Å². The third kappa shape index (κ3) is 4.87. The van der Waals surface area contributed by atoms with Gasteiger partial charge in [0.2, 0.25) is 0 Å². The maximum atomic E-state index is 14.9. The highest BCUT2D eigenvalue weighted by molar-refractivity contribution is 6.04. The fourth-order valence-electron chi connectivity index (χ4n) is 3.90. The van der Waals surface area contributed by atoms with Crippen molar-refractivity contribution in [3.8, 4) is 34.2 Å². The first-order chi connectivity index (χ1) is 18.3. The minimum absolute atomic E-state index is 0.00488. The number of aromatic amines is 1. The van der Waals surface area contributed by atoms with Gasteiger partial charge in [-0.25, -0.2) is 8.78 Å². The number of H-pyrrole nitrogens is 1. The molecule has 0 spiro atoms. The standard InChI is InChI=1S/C28H20F2N4O4/c1-16-2-9-21(28(37)34(16)19-6-3-17(29)4-7-19)27(36)32-18-5-11-26(23(30)14-18)38-20-8-10-25(35)22(15-20)24-12-13-31-33-24/h2-15,35H,1H3,(H,31,33)(H,32,36). The molecule has 0 aliphatic carbocycles. The predicted octanol–water partition coefficient (Wildman–Crippen LogP) is 5.56. The van der Waals surface area contributed by atoms with E-state index >= 15 is 0 Å². The molecule has 190 valence electrons. The number of carbonyl (C=O) groups is 1. The van der Waals surface area contributed by atoms with Gasteiger partial charge in [0.25, 0.3) is 11.5 Å². The number of phenolic OH excluding ortho intramolecular Hbond substituents is 1. The molecular weight excluding hydrogens is 494 g/mol. The van der Waals surface area contributed by atoms with Gasteiger partial charge in [0.1, 0.15) is 22.9 Å². The van der Waals surface area contributed by atoms with E-state index in [4.69, 9.17) is 4.74 Å². The molecule has 0 bridgehead atoms. The number of ether oxygens (including phenoxy) is 1. The summed E-state index contributed by atoms with van der Waals surface area (Å²) < 4.78 is 35.1. The molecule has 0 atom stereocenters. The molecule has 0 radical (unpaired) electrons. The van der Waals surface area contributed by atoms with E-state index < -0.39 is 23.1 Å². The van der Waals surface area contributed by atoms with Crippen LogP contribution in [0.1, 0.15) is 16.1 Å². The summed E-state index contributed by atoms with van der Waals surface area (Å²) >= 11 is 0. The normalized spacial score (nSPS) is 10.8. The summed E-state index contributed by atoms with van der Waals surface area (Å²) in [6, 6.07) is 18.2. The first-order valence-corrected chi connectivity index (χ1v) is 11.4. The van der Waals surface area contributed by atoms with Crippen molar-refractivity contribution in [2.45, 2.75) is 6.92 Å². The molecule has 0 unspecified atom stereocenters. The highest BCUT2D eigenvalue weighted by atomic mass is 19.1. The number of hydrogen-bond acceptors (Lipinski definition) is 5. The lowest BCUT2D eigenvalue weighted by Crippen LogP contribution is -2.29. The van der Waals surface area contributed by atoms with Gasteiger partial charge in [0.15, 0.2) is 11.6 Å². The fraction of sp³-hybridized carbons (Fsp3) is 0.0357. The van der Waals surface area contributed by atoms with Gasteiger partial charge in [-0.3, -0.25) is 19.3 Å². The summed E-state index contributed by atoms with van der Waals surface area (Å²) in [4.78, 5) is 25.9. The van der Waals surface area contributed by atoms with Gasteiger partial charge in [0.05, 0.1) is 5.69 Å². The number of hydrogen-bond donors (Lipinski definition) is 3. The quantitative estimate of drug-likeness (QED) is 0.275. The van der Waals surface area contributed by atoms with Gasteiger partial charge in [-0.05, 0) is 79.7 Å². The number of halogens is 2. The maximum absolute atomic E-state index is 14.9. The highest BCUT2D eigenvalue weighted by Crippen LogP contribution is 2.34. The third-order valence-electron chi connectivity index (χ3n) is 5.78. The number of carbonyl (C=O) groups excluding carboxylic acids is 1. The second-order valence-electron chi connectivity index (χ2n) is 8.36. The van der Waals surface area contributed by atoms with Gasteiger partial charge >= 0.3 is 0 Å². The van der Waals surface area contributed by atoms with Crippen molar-refractivity contribution in [3.05, 3.63) is 118 Å². The second kappa shape index (κ2) is 10.0. The van der Waals surface area contributed by atoms with Crippen LogP contribution in [0.2, 0.25) is 0 Å². The van der Waals surface area contributed by atoms with E-state index in [1.54, 1.807) is 19.1 Å². The molecule has 2 aromatic heterocycles. The summed E-state index contributed by atoms with van der Waals surface area (Å²) in [5, 5.41) is 19.2. The van der Waals surface area contributed by atoms with Crippen LogP contribution in [0, 0.1) is 18.6 Å². The molecule has 2 heterocycles. The molecule has 3 aromatic carbocycles. The number of pyridine rings is 1. The minimum Gasteiger partial charge on any atom is -0.507 e. The number of phenols is 1. The molecule has 8 nitrogen and oxygen atoms in total. The van der Waals surface area contributed by atoms with Gasteiger partial charge in [0, 0.05) is 34.9 Å². The monoisotopic (exact) mass is 514 g/mol. The Morgan fingerprint density at radius 3 is 2.50 bits per heavy atom. The zero-order valence-corrected chi connectivity index (χ0v) is 19.9. The third-order valence-corrected chi connectivity index (χ3v) is 5.78. The average molecular weight is 514 g/mol. The van der Waals surface area contributed by atoms with Gasteiger partial charge in [-0.1, -0.05) is 0 Å². The van der Waals surface area contributed by atoms with Crippen molar-refractivity contribution in [3.63, 3.8) is 0 Å². The Labute approximate surface area is 214 Å².